The maximum absolute atomic E-state index is 6.11. The van der Waals surface area contributed by atoms with Gasteiger partial charge in [-0.3, -0.25) is 0 Å². The van der Waals surface area contributed by atoms with Gasteiger partial charge in [0.05, 0.1) is 7.11 Å². The summed E-state index contributed by atoms with van der Waals surface area (Å²) in [7, 11) is 1.65. The molecule has 9 heteroatoms. The zero-order chi connectivity index (χ0) is 22.8. The lowest BCUT2D eigenvalue weighted by molar-refractivity contribution is 0.374. The van der Waals surface area contributed by atoms with E-state index in [-0.39, 0.29) is 0 Å². The van der Waals surface area contributed by atoms with Crippen LogP contribution >= 0.6 is 11.6 Å². The van der Waals surface area contributed by atoms with Crippen LogP contribution in [0.4, 0.5) is 11.6 Å². The lowest BCUT2D eigenvalue weighted by Gasteiger charge is -2.39. The zero-order valence-electron chi connectivity index (χ0n) is 18.9. The van der Waals surface area contributed by atoms with Crippen LogP contribution in [0.3, 0.4) is 0 Å². The number of halogens is 1. The highest BCUT2D eigenvalue weighted by molar-refractivity contribution is 6.30. The molecular weight excluding hydrogens is 440 g/mol. The molecule has 3 atom stereocenters. The lowest BCUT2D eigenvalue weighted by Crippen LogP contribution is -2.48. The summed E-state index contributed by atoms with van der Waals surface area (Å²) in [6.07, 6.45) is 5.14. The van der Waals surface area contributed by atoms with Crippen LogP contribution < -0.4 is 19.7 Å². The standard InChI is InChI=1S/C24H29ClN6O2/c1-3-11-31-24(33-20-6-4-5-18(25)12-20)28-23(29-31)27-22-16-7-8-17(22)15-30(14-16)19-9-10-26-21(13-19)32-2/h4-6,9-10,12-13,16-17,22H,3,7-8,11,14-15H2,1-2H3,(H,27,29)/t16-,17+,22?. The van der Waals surface area contributed by atoms with Gasteiger partial charge in [-0.05, 0) is 55.4 Å². The number of pyridine rings is 1. The first-order chi connectivity index (χ1) is 16.1. The van der Waals surface area contributed by atoms with E-state index in [4.69, 9.17) is 26.2 Å². The summed E-state index contributed by atoms with van der Waals surface area (Å²) in [5.74, 6) is 2.98. The van der Waals surface area contributed by atoms with Crippen molar-refractivity contribution < 1.29 is 9.47 Å². The topological polar surface area (TPSA) is 77.3 Å². The molecule has 2 aliphatic rings. The van der Waals surface area contributed by atoms with E-state index in [2.05, 4.69) is 33.2 Å². The second kappa shape index (κ2) is 9.47. The summed E-state index contributed by atoms with van der Waals surface area (Å²) in [4.78, 5) is 11.4. The van der Waals surface area contributed by atoms with E-state index in [1.165, 1.54) is 18.5 Å². The predicted molar refractivity (Wildman–Crippen MR) is 128 cm³/mol. The third-order valence-corrected chi connectivity index (χ3v) is 6.74. The highest BCUT2D eigenvalue weighted by Gasteiger charge is 2.42. The number of hydrogen-bond donors (Lipinski definition) is 1. The zero-order valence-corrected chi connectivity index (χ0v) is 19.7. The quantitative estimate of drug-likeness (QED) is 0.505. The van der Waals surface area contributed by atoms with Crippen molar-refractivity contribution in [2.75, 3.05) is 30.4 Å². The van der Waals surface area contributed by atoms with E-state index in [0.717, 1.165) is 26.1 Å². The molecule has 3 heterocycles. The van der Waals surface area contributed by atoms with Gasteiger partial charge >= 0.3 is 6.01 Å². The van der Waals surface area contributed by atoms with Gasteiger partial charge in [-0.25, -0.2) is 9.67 Å². The van der Waals surface area contributed by atoms with Crippen LogP contribution in [-0.2, 0) is 6.54 Å². The van der Waals surface area contributed by atoms with Crippen molar-refractivity contribution in [2.24, 2.45) is 11.8 Å². The molecule has 1 saturated heterocycles. The Morgan fingerprint density at radius 2 is 1.97 bits per heavy atom. The highest BCUT2D eigenvalue weighted by Crippen LogP contribution is 2.40. The fourth-order valence-corrected chi connectivity index (χ4v) is 5.16. The van der Waals surface area contributed by atoms with Gasteiger partial charge in [0.2, 0.25) is 11.8 Å². The van der Waals surface area contributed by atoms with E-state index >= 15 is 0 Å². The minimum absolute atomic E-state index is 0.349. The second-order valence-corrected chi connectivity index (χ2v) is 9.17. The number of methoxy groups -OCH3 is 1. The number of aryl methyl sites for hydroxylation is 1. The molecule has 1 aromatic carbocycles. The minimum atomic E-state index is 0.349. The largest absolute Gasteiger partial charge is 0.481 e. The molecular formula is C24H29ClN6O2. The molecule has 8 nitrogen and oxygen atoms in total. The summed E-state index contributed by atoms with van der Waals surface area (Å²) in [5, 5.41) is 8.98. The van der Waals surface area contributed by atoms with Crippen molar-refractivity contribution in [2.45, 2.75) is 38.8 Å². The third kappa shape index (κ3) is 4.71. The minimum Gasteiger partial charge on any atom is -0.481 e. The number of hydrogen-bond acceptors (Lipinski definition) is 7. The molecule has 1 aliphatic heterocycles. The summed E-state index contributed by atoms with van der Waals surface area (Å²) >= 11 is 6.11. The van der Waals surface area contributed by atoms with Crippen LogP contribution in [0, 0.1) is 11.8 Å². The van der Waals surface area contributed by atoms with Crippen LogP contribution in [0.5, 0.6) is 17.6 Å². The number of piperidine rings is 1. The van der Waals surface area contributed by atoms with E-state index in [1.807, 2.05) is 35.1 Å². The first-order valence-corrected chi connectivity index (χ1v) is 11.9. The van der Waals surface area contributed by atoms with Gasteiger partial charge in [0.1, 0.15) is 5.75 Å². The number of ether oxygens (including phenoxy) is 2. The summed E-state index contributed by atoms with van der Waals surface area (Å²) in [5.41, 5.74) is 1.17. The number of fused-ring (bicyclic) bond motifs is 2. The molecule has 2 bridgehead atoms. The van der Waals surface area contributed by atoms with E-state index in [0.29, 0.717) is 46.5 Å². The van der Waals surface area contributed by atoms with Gasteiger partial charge < -0.3 is 19.7 Å². The molecule has 2 fully saturated rings. The molecule has 3 aromatic rings. The van der Waals surface area contributed by atoms with Gasteiger partial charge in [-0.15, -0.1) is 5.10 Å². The van der Waals surface area contributed by atoms with Crippen molar-refractivity contribution in [3.05, 3.63) is 47.6 Å². The Morgan fingerprint density at radius 1 is 1.15 bits per heavy atom. The Balaban J connectivity index is 1.30. The Hall–Kier alpha value is -3.00. The molecule has 1 unspecified atom stereocenters. The van der Waals surface area contributed by atoms with Crippen molar-refractivity contribution in [1.29, 1.82) is 0 Å². The molecule has 33 heavy (non-hydrogen) atoms. The first-order valence-electron chi connectivity index (χ1n) is 11.5. The molecule has 1 aliphatic carbocycles. The molecule has 0 amide bonds. The van der Waals surface area contributed by atoms with Crippen LogP contribution in [0.15, 0.2) is 42.6 Å². The van der Waals surface area contributed by atoms with Crippen molar-refractivity contribution in [1.82, 2.24) is 19.7 Å². The second-order valence-electron chi connectivity index (χ2n) is 8.73. The Kier molecular flexibility index (Phi) is 6.26. The Morgan fingerprint density at radius 3 is 2.70 bits per heavy atom. The molecule has 0 spiro atoms. The summed E-state index contributed by atoms with van der Waals surface area (Å²) < 4.78 is 13.1. The number of nitrogens with one attached hydrogen (secondary N) is 1. The number of rotatable bonds is 8. The maximum Gasteiger partial charge on any atom is 0.322 e. The lowest BCUT2D eigenvalue weighted by atomic mass is 9.92. The molecule has 174 valence electrons. The highest BCUT2D eigenvalue weighted by atomic mass is 35.5. The number of nitrogens with zero attached hydrogens (tertiary/aromatic N) is 5. The Bertz CT molecular complexity index is 1090. The smallest absolute Gasteiger partial charge is 0.322 e. The average Bonchev–Trinajstić information content (AvgIpc) is 3.28. The van der Waals surface area contributed by atoms with Gasteiger partial charge in [0.25, 0.3) is 0 Å². The number of aromatic nitrogens is 4. The average molecular weight is 469 g/mol. The normalized spacial score (nSPS) is 21.8. The van der Waals surface area contributed by atoms with Crippen molar-refractivity contribution >= 4 is 23.2 Å². The number of benzene rings is 1. The molecule has 1 N–H and O–H groups in total. The predicted octanol–water partition coefficient (Wildman–Crippen LogP) is 4.86. The molecule has 2 aromatic heterocycles. The van der Waals surface area contributed by atoms with E-state index in [9.17, 15) is 0 Å². The fraction of sp³-hybridized carbons (Fsp3) is 0.458. The van der Waals surface area contributed by atoms with Crippen LogP contribution in [0.2, 0.25) is 5.02 Å². The van der Waals surface area contributed by atoms with Crippen LogP contribution in [-0.4, -0.2) is 46.0 Å². The number of anilines is 2. The van der Waals surface area contributed by atoms with Crippen molar-refractivity contribution in [3.63, 3.8) is 0 Å². The maximum atomic E-state index is 6.11. The summed E-state index contributed by atoms with van der Waals surface area (Å²) in [6.45, 7) is 4.83. The van der Waals surface area contributed by atoms with E-state index < -0.39 is 0 Å². The van der Waals surface area contributed by atoms with Crippen molar-refractivity contribution in [3.8, 4) is 17.6 Å². The van der Waals surface area contributed by atoms with Gasteiger partial charge in [-0.2, -0.15) is 4.98 Å². The molecule has 0 radical (unpaired) electrons. The SMILES string of the molecule is CCCn1nc(NC2[C@@H]3CC[C@H]2CN(c2ccnc(OC)c2)C3)nc1Oc1cccc(Cl)c1. The Labute approximate surface area is 198 Å². The van der Waals surface area contributed by atoms with Gasteiger partial charge in [-0.1, -0.05) is 24.6 Å². The molecule has 1 saturated carbocycles. The van der Waals surface area contributed by atoms with Crippen LogP contribution in [0.25, 0.3) is 0 Å². The van der Waals surface area contributed by atoms with Crippen LogP contribution in [0.1, 0.15) is 26.2 Å². The first kappa shape index (κ1) is 21.8. The monoisotopic (exact) mass is 468 g/mol. The molecule has 5 rings (SSSR count). The summed E-state index contributed by atoms with van der Waals surface area (Å²) in [6, 6.07) is 12.2. The van der Waals surface area contributed by atoms with Gasteiger partial charge in [0.15, 0.2) is 0 Å². The van der Waals surface area contributed by atoms with Gasteiger partial charge in [0, 0.05) is 48.6 Å². The third-order valence-electron chi connectivity index (χ3n) is 6.50. The van der Waals surface area contributed by atoms with E-state index in [1.54, 1.807) is 13.2 Å². The fourth-order valence-electron chi connectivity index (χ4n) is 4.98.